The van der Waals surface area contributed by atoms with Gasteiger partial charge in [-0.2, -0.15) is 0 Å². The SMILES string of the molecule is Cc1c(CC(=O)O)c(=O)oc2c(C)c3occ(-c4ccc5c(c4)OCCCO5)c3cc12. The minimum absolute atomic E-state index is 0.152. The lowest BCUT2D eigenvalue weighted by molar-refractivity contribution is -0.136. The fourth-order valence-electron chi connectivity index (χ4n) is 4.11. The molecule has 2 aromatic heterocycles. The number of rotatable bonds is 3. The smallest absolute Gasteiger partial charge is 0.340 e. The number of carboxylic acid groups (broad SMARTS) is 1. The van der Waals surface area contributed by atoms with Gasteiger partial charge >= 0.3 is 11.6 Å². The van der Waals surface area contributed by atoms with Crippen LogP contribution in [0.1, 0.15) is 23.1 Å². The highest BCUT2D eigenvalue weighted by atomic mass is 16.5. The van der Waals surface area contributed by atoms with Crippen molar-refractivity contribution in [3.63, 3.8) is 0 Å². The van der Waals surface area contributed by atoms with Gasteiger partial charge in [0.2, 0.25) is 0 Å². The maximum Gasteiger partial charge on any atom is 0.340 e. The molecule has 0 radical (unpaired) electrons. The van der Waals surface area contributed by atoms with Crippen molar-refractivity contribution in [1.29, 1.82) is 0 Å². The molecule has 0 atom stereocenters. The number of benzene rings is 2. The number of furan rings is 1. The van der Waals surface area contributed by atoms with Crippen molar-refractivity contribution in [1.82, 2.24) is 0 Å². The van der Waals surface area contributed by atoms with Crippen molar-refractivity contribution in [3.05, 3.63) is 57.6 Å². The Labute approximate surface area is 176 Å². The molecule has 31 heavy (non-hydrogen) atoms. The molecule has 158 valence electrons. The monoisotopic (exact) mass is 420 g/mol. The van der Waals surface area contributed by atoms with Gasteiger partial charge in [-0.3, -0.25) is 4.79 Å². The first-order valence-corrected chi connectivity index (χ1v) is 10.0. The molecule has 0 saturated heterocycles. The Morgan fingerprint density at radius 2 is 1.77 bits per heavy atom. The van der Waals surface area contributed by atoms with Gasteiger partial charge in [-0.05, 0) is 43.2 Å². The molecule has 4 aromatic rings. The summed E-state index contributed by atoms with van der Waals surface area (Å²) in [6.45, 7) is 4.79. The van der Waals surface area contributed by atoms with Crippen molar-refractivity contribution < 1.29 is 28.2 Å². The van der Waals surface area contributed by atoms with Gasteiger partial charge in [0.1, 0.15) is 11.2 Å². The van der Waals surface area contributed by atoms with E-state index in [1.165, 1.54) is 0 Å². The summed E-state index contributed by atoms with van der Waals surface area (Å²) in [5.74, 6) is 0.322. The van der Waals surface area contributed by atoms with Crippen LogP contribution in [0.4, 0.5) is 0 Å². The van der Waals surface area contributed by atoms with Crippen molar-refractivity contribution in [2.45, 2.75) is 26.7 Å². The third-order valence-electron chi connectivity index (χ3n) is 5.73. The second kappa shape index (κ2) is 7.19. The van der Waals surface area contributed by atoms with Crippen molar-refractivity contribution in [2.24, 2.45) is 0 Å². The van der Waals surface area contributed by atoms with Gasteiger partial charge in [-0.1, -0.05) is 6.07 Å². The Kier molecular flexibility index (Phi) is 4.46. The largest absolute Gasteiger partial charge is 0.490 e. The molecule has 5 rings (SSSR count). The van der Waals surface area contributed by atoms with E-state index in [-0.39, 0.29) is 12.0 Å². The predicted molar refractivity (Wildman–Crippen MR) is 114 cm³/mol. The van der Waals surface area contributed by atoms with Crippen LogP contribution in [-0.4, -0.2) is 24.3 Å². The molecule has 0 unspecified atom stereocenters. The summed E-state index contributed by atoms with van der Waals surface area (Å²) in [6, 6.07) is 7.66. The Morgan fingerprint density at radius 1 is 1.00 bits per heavy atom. The molecule has 7 nitrogen and oxygen atoms in total. The second-order valence-corrected chi connectivity index (χ2v) is 7.68. The molecule has 0 bridgehead atoms. The number of aliphatic carboxylic acids is 1. The number of hydrogen-bond acceptors (Lipinski definition) is 6. The Balaban J connectivity index is 1.74. The lowest BCUT2D eigenvalue weighted by atomic mass is 9.97. The summed E-state index contributed by atoms with van der Waals surface area (Å²) in [5.41, 5.74) is 3.60. The molecule has 1 N–H and O–H groups in total. The first kappa shape index (κ1) is 19.2. The van der Waals surface area contributed by atoms with Crippen molar-refractivity contribution in [2.75, 3.05) is 13.2 Å². The molecule has 1 aliphatic rings. The first-order valence-electron chi connectivity index (χ1n) is 10.0. The standard InChI is InChI=1S/C24H20O7/c1-12-15-9-17-18(14-4-5-19-20(8-14)29-7-3-6-28-19)11-30-22(17)13(2)23(15)31-24(27)16(12)10-21(25)26/h4-5,8-9,11H,3,6-7,10H2,1-2H3,(H,25,26). The van der Waals surface area contributed by atoms with Gasteiger partial charge in [-0.15, -0.1) is 0 Å². The summed E-state index contributed by atoms with van der Waals surface area (Å²) in [7, 11) is 0. The maximum absolute atomic E-state index is 12.4. The summed E-state index contributed by atoms with van der Waals surface area (Å²) < 4.78 is 22.9. The van der Waals surface area contributed by atoms with Gasteiger partial charge in [0.15, 0.2) is 11.5 Å². The van der Waals surface area contributed by atoms with Crippen LogP contribution in [0, 0.1) is 13.8 Å². The van der Waals surface area contributed by atoms with Gasteiger partial charge in [0.05, 0.1) is 31.5 Å². The lowest BCUT2D eigenvalue weighted by Gasteiger charge is -2.10. The van der Waals surface area contributed by atoms with Crippen molar-refractivity contribution >= 4 is 27.9 Å². The molecular formula is C24H20O7. The topological polar surface area (TPSA) is 99.1 Å². The third kappa shape index (κ3) is 3.13. The highest BCUT2D eigenvalue weighted by Crippen LogP contribution is 2.40. The van der Waals surface area contributed by atoms with Gasteiger partial charge in [0.25, 0.3) is 0 Å². The van der Waals surface area contributed by atoms with E-state index in [4.69, 9.17) is 18.3 Å². The van der Waals surface area contributed by atoms with Crippen LogP contribution in [0.2, 0.25) is 0 Å². The minimum Gasteiger partial charge on any atom is -0.490 e. The van der Waals surface area contributed by atoms with E-state index in [0.717, 1.165) is 22.9 Å². The van der Waals surface area contributed by atoms with Crippen LogP contribution < -0.4 is 15.1 Å². The summed E-state index contributed by atoms with van der Waals surface area (Å²) in [5, 5.41) is 10.7. The van der Waals surface area contributed by atoms with E-state index in [9.17, 15) is 14.7 Å². The molecule has 0 amide bonds. The van der Waals surface area contributed by atoms with Crippen LogP contribution in [-0.2, 0) is 11.2 Å². The Hall–Kier alpha value is -3.74. The maximum atomic E-state index is 12.4. The normalized spacial score (nSPS) is 13.5. The molecule has 0 saturated carbocycles. The van der Waals surface area contributed by atoms with Gasteiger partial charge in [-0.25, -0.2) is 4.79 Å². The van der Waals surface area contributed by atoms with Crippen LogP contribution in [0.15, 0.2) is 44.2 Å². The van der Waals surface area contributed by atoms with Gasteiger partial charge in [0, 0.05) is 28.3 Å². The molecule has 0 aliphatic carbocycles. The molecule has 7 heteroatoms. The number of aryl methyl sites for hydroxylation is 2. The van der Waals surface area contributed by atoms with Crippen LogP contribution in [0.5, 0.6) is 11.5 Å². The van der Waals surface area contributed by atoms with Crippen LogP contribution in [0.25, 0.3) is 33.1 Å². The van der Waals surface area contributed by atoms with Crippen molar-refractivity contribution in [3.8, 4) is 22.6 Å². The number of ether oxygens (including phenoxy) is 2. The summed E-state index contributed by atoms with van der Waals surface area (Å²) in [4.78, 5) is 23.6. The predicted octanol–water partition coefficient (Wildman–Crippen LogP) is 4.61. The molecule has 2 aromatic carbocycles. The fourth-order valence-corrected chi connectivity index (χ4v) is 4.11. The number of hydrogen-bond donors (Lipinski definition) is 1. The number of fused-ring (bicyclic) bond motifs is 3. The molecule has 3 heterocycles. The first-order chi connectivity index (χ1) is 14.9. The zero-order chi connectivity index (χ0) is 21.7. The lowest BCUT2D eigenvalue weighted by Crippen LogP contribution is -2.15. The summed E-state index contributed by atoms with van der Waals surface area (Å²) >= 11 is 0. The Bertz CT molecular complexity index is 1410. The summed E-state index contributed by atoms with van der Waals surface area (Å²) in [6.07, 6.45) is 2.11. The number of carbonyl (C=O) groups is 1. The van der Waals surface area contributed by atoms with Crippen LogP contribution in [0.3, 0.4) is 0 Å². The average Bonchev–Trinajstić information content (AvgIpc) is 3.02. The Morgan fingerprint density at radius 3 is 2.55 bits per heavy atom. The second-order valence-electron chi connectivity index (χ2n) is 7.68. The van der Waals surface area contributed by atoms with E-state index in [0.29, 0.717) is 52.4 Å². The van der Waals surface area contributed by atoms with Crippen LogP contribution >= 0.6 is 0 Å². The molecule has 0 fully saturated rings. The zero-order valence-electron chi connectivity index (χ0n) is 17.1. The highest BCUT2D eigenvalue weighted by molar-refractivity contribution is 6.05. The molecule has 0 spiro atoms. The van der Waals surface area contributed by atoms with Gasteiger partial charge < -0.3 is 23.4 Å². The highest BCUT2D eigenvalue weighted by Gasteiger charge is 2.21. The van der Waals surface area contributed by atoms with E-state index in [2.05, 4.69) is 0 Å². The van der Waals surface area contributed by atoms with E-state index in [1.807, 2.05) is 31.2 Å². The van der Waals surface area contributed by atoms with E-state index < -0.39 is 11.6 Å². The third-order valence-corrected chi connectivity index (χ3v) is 5.73. The molecule has 1 aliphatic heterocycles. The number of carboxylic acids is 1. The van der Waals surface area contributed by atoms with E-state index >= 15 is 0 Å². The minimum atomic E-state index is -1.08. The quantitative estimate of drug-likeness (QED) is 0.483. The molecular weight excluding hydrogens is 400 g/mol. The van der Waals surface area contributed by atoms with E-state index in [1.54, 1.807) is 13.2 Å². The average molecular weight is 420 g/mol. The zero-order valence-corrected chi connectivity index (χ0v) is 17.1. The fraction of sp³-hybridized carbons (Fsp3) is 0.250.